The molecule has 2 rings (SSSR count). The number of ether oxygens (including phenoxy) is 1. The second-order valence-corrected chi connectivity index (χ2v) is 6.53. The molecule has 0 fully saturated rings. The van der Waals surface area contributed by atoms with E-state index in [9.17, 15) is 4.79 Å². The fraction of sp³-hybridized carbons (Fsp3) is 0.294. The van der Waals surface area contributed by atoms with Crippen molar-refractivity contribution in [2.45, 2.75) is 26.3 Å². The van der Waals surface area contributed by atoms with Crippen LogP contribution >= 0.6 is 11.6 Å². The average Bonchev–Trinajstić information content (AvgIpc) is 2.47. The molecule has 6 heteroatoms. The third-order valence-corrected chi connectivity index (χ3v) is 2.99. The molecule has 0 saturated heterocycles. The van der Waals surface area contributed by atoms with E-state index in [2.05, 4.69) is 36.4 Å². The predicted molar refractivity (Wildman–Crippen MR) is 93.2 cm³/mol. The lowest BCUT2D eigenvalue weighted by Gasteiger charge is -2.21. The minimum absolute atomic E-state index is 0.0428. The van der Waals surface area contributed by atoms with E-state index in [0.29, 0.717) is 16.6 Å². The number of pyridine rings is 1. The molecule has 0 saturated carbocycles. The van der Waals surface area contributed by atoms with E-state index in [4.69, 9.17) is 16.3 Å². The summed E-state index contributed by atoms with van der Waals surface area (Å²) in [6.07, 6.45) is 1.68. The summed E-state index contributed by atoms with van der Waals surface area (Å²) in [6.45, 7) is 6.11. The van der Waals surface area contributed by atoms with E-state index in [1.807, 2.05) is 6.07 Å². The number of aromatic nitrogens is 1. The number of carbonyl (C=O) groups excluding carboxylic acids is 1. The van der Waals surface area contributed by atoms with Gasteiger partial charge >= 0.3 is 0 Å². The number of hydrogen-bond donors (Lipinski definition) is 2. The number of amides is 1. The van der Waals surface area contributed by atoms with Crippen LogP contribution in [-0.2, 0) is 4.79 Å². The molecular weight excluding hydrogens is 314 g/mol. The Bertz CT molecular complexity index is 649. The van der Waals surface area contributed by atoms with Gasteiger partial charge in [0.15, 0.2) is 6.61 Å². The normalized spacial score (nSPS) is 11.0. The molecule has 2 aromatic rings. The molecule has 0 spiro atoms. The van der Waals surface area contributed by atoms with E-state index >= 15 is 0 Å². The molecule has 0 radical (unpaired) electrons. The van der Waals surface area contributed by atoms with Crippen LogP contribution in [0.4, 0.5) is 11.5 Å². The number of benzene rings is 1. The molecule has 122 valence electrons. The lowest BCUT2D eigenvalue weighted by atomic mass is 10.1. The molecule has 23 heavy (non-hydrogen) atoms. The molecule has 2 N–H and O–H groups in total. The monoisotopic (exact) mass is 333 g/mol. The van der Waals surface area contributed by atoms with Crippen LogP contribution in [0.1, 0.15) is 20.8 Å². The lowest BCUT2D eigenvalue weighted by molar-refractivity contribution is -0.118. The molecule has 1 amide bonds. The third-order valence-electron chi connectivity index (χ3n) is 2.73. The van der Waals surface area contributed by atoms with Gasteiger partial charge in [0.25, 0.3) is 5.91 Å². The van der Waals surface area contributed by atoms with Crippen LogP contribution in [0.2, 0.25) is 5.02 Å². The highest BCUT2D eigenvalue weighted by atomic mass is 35.5. The van der Waals surface area contributed by atoms with Gasteiger partial charge in [-0.1, -0.05) is 11.6 Å². The van der Waals surface area contributed by atoms with Gasteiger partial charge in [-0.05, 0) is 57.2 Å². The van der Waals surface area contributed by atoms with Gasteiger partial charge in [0, 0.05) is 10.6 Å². The molecule has 0 atom stereocenters. The Morgan fingerprint density at radius 1 is 1.17 bits per heavy atom. The average molecular weight is 334 g/mol. The van der Waals surface area contributed by atoms with Gasteiger partial charge in [0.2, 0.25) is 0 Å². The Balaban J connectivity index is 1.84. The molecule has 1 heterocycles. The van der Waals surface area contributed by atoms with E-state index in [1.165, 1.54) is 0 Å². The highest BCUT2D eigenvalue weighted by molar-refractivity contribution is 6.30. The van der Waals surface area contributed by atoms with Crippen LogP contribution in [-0.4, -0.2) is 23.0 Å². The Kier molecular flexibility index (Phi) is 5.45. The predicted octanol–water partition coefficient (Wildman–Crippen LogP) is 3.96. The molecular formula is C17H20ClN3O2. The Morgan fingerprint density at radius 2 is 1.87 bits per heavy atom. The number of rotatable bonds is 5. The zero-order valence-electron chi connectivity index (χ0n) is 13.4. The SMILES string of the molecule is CC(C)(C)Nc1ccc(NC(=O)COc2ccc(Cl)cc2)nc1. The van der Waals surface area contributed by atoms with Crippen molar-refractivity contribution in [1.29, 1.82) is 0 Å². The number of halogens is 1. The summed E-state index contributed by atoms with van der Waals surface area (Å²) >= 11 is 5.79. The summed E-state index contributed by atoms with van der Waals surface area (Å²) in [5, 5.41) is 6.61. The maximum atomic E-state index is 11.8. The first-order chi connectivity index (χ1) is 10.8. The van der Waals surface area contributed by atoms with E-state index in [-0.39, 0.29) is 18.1 Å². The Hall–Kier alpha value is -2.27. The maximum Gasteiger partial charge on any atom is 0.263 e. The minimum Gasteiger partial charge on any atom is -0.484 e. The topological polar surface area (TPSA) is 63.2 Å². The minimum atomic E-state index is -0.274. The van der Waals surface area contributed by atoms with E-state index < -0.39 is 0 Å². The van der Waals surface area contributed by atoms with Crippen molar-refractivity contribution in [3.63, 3.8) is 0 Å². The van der Waals surface area contributed by atoms with Crippen molar-refractivity contribution in [3.8, 4) is 5.75 Å². The highest BCUT2D eigenvalue weighted by Gasteiger charge is 2.10. The van der Waals surface area contributed by atoms with Crippen molar-refractivity contribution in [2.24, 2.45) is 0 Å². The second kappa shape index (κ2) is 7.33. The van der Waals surface area contributed by atoms with Gasteiger partial charge in [0.05, 0.1) is 11.9 Å². The molecule has 1 aromatic heterocycles. The van der Waals surface area contributed by atoms with Crippen molar-refractivity contribution in [3.05, 3.63) is 47.6 Å². The van der Waals surface area contributed by atoms with Crippen LogP contribution in [0.15, 0.2) is 42.6 Å². The Morgan fingerprint density at radius 3 is 2.43 bits per heavy atom. The van der Waals surface area contributed by atoms with Crippen molar-refractivity contribution < 1.29 is 9.53 Å². The molecule has 5 nitrogen and oxygen atoms in total. The highest BCUT2D eigenvalue weighted by Crippen LogP contribution is 2.16. The molecule has 0 aliphatic carbocycles. The zero-order chi connectivity index (χ0) is 16.9. The standard InChI is InChI=1S/C17H20ClN3O2/c1-17(2,3)21-13-6-9-15(19-10-13)20-16(22)11-23-14-7-4-12(18)5-8-14/h4-10,21H,11H2,1-3H3,(H,19,20,22). The van der Waals surface area contributed by atoms with Crippen LogP contribution in [0.3, 0.4) is 0 Å². The smallest absolute Gasteiger partial charge is 0.263 e. The van der Waals surface area contributed by atoms with E-state index in [1.54, 1.807) is 36.5 Å². The first-order valence-electron chi connectivity index (χ1n) is 7.24. The van der Waals surface area contributed by atoms with Gasteiger partial charge in [-0.2, -0.15) is 0 Å². The second-order valence-electron chi connectivity index (χ2n) is 6.10. The molecule has 0 aliphatic heterocycles. The van der Waals surface area contributed by atoms with Crippen LogP contribution in [0.25, 0.3) is 0 Å². The maximum absolute atomic E-state index is 11.8. The van der Waals surface area contributed by atoms with Gasteiger partial charge in [-0.15, -0.1) is 0 Å². The van der Waals surface area contributed by atoms with Gasteiger partial charge in [-0.25, -0.2) is 4.98 Å². The van der Waals surface area contributed by atoms with Crippen LogP contribution in [0.5, 0.6) is 5.75 Å². The van der Waals surface area contributed by atoms with Crippen molar-refractivity contribution in [1.82, 2.24) is 4.98 Å². The molecule has 0 unspecified atom stereocenters. The number of carbonyl (C=O) groups is 1. The first kappa shape index (κ1) is 17.1. The fourth-order valence-electron chi connectivity index (χ4n) is 1.83. The summed E-state index contributed by atoms with van der Waals surface area (Å²) < 4.78 is 5.37. The van der Waals surface area contributed by atoms with Gasteiger partial charge < -0.3 is 15.4 Å². The van der Waals surface area contributed by atoms with Crippen LogP contribution < -0.4 is 15.4 Å². The van der Waals surface area contributed by atoms with E-state index in [0.717, 1.165) is 5.69 Å². The summed E-state index contributed by atoms with van der Waals surface area (Å²) in [7, 11) is 0. The lowest BCUT2D eigenvalue weighted by Crippen LogP contribution is -2.26. The number of nitrogens with one attached hydrogen (secondary N) is 2. The first-order valence-corrected chi connectivity index (χ1v) is 7.62. The number of nitrogens with zero attached hydrogens (tertiary/aromatic N) is 1. The molecule has 0 bridgehead atoms. The van der Waals surface area contributed by atoms with Gasteiger partial charge in [-0.3, -0.25) is 4.79 Å². The summed E-state index contributed by atoms with van der Waals surface area (Å²) in [6, 6.07) is 10.4. The van der Waals surface area contributed by atoms with Crippen molar-refractivity contribution >= 4 is 29.0 Å². The van der Waals surface area contributed by atoms with Crippen molar-refractivity contribution in [2.75, 3.05) is 17.2 Å². The van der Waals surface area contributed by atoms with Crippen LogP contribution in [0, 0.1) is 0 Å². The summed E-state index contributed by atoms with van der Waals surface area (Å²) in [5.41, 5.74) is 0.853. The summed E-state index contributed by atoms with van der Waals surface area (Å²) in [4.78, 5) is 16.1. The molecule has 1 aromatic carbocycles. The largest absolute Gasteiger partial charge is 0.484 e. The van der Waals surface area contributed by atoms with Gasteiger partial charge in [0.1, 0.15) is 11.6 Å². The number of anilines is 2. The Labute approximate surface area is 141 Å². The third kappa shape index (κ3) is 6.16. The molecule has 0 aliphatic rings. The quantitative estimate of drug-likeness (QED) is 0.869. The fourth-order valence-corrected chi connectivity index (χ4v) is 1.96. The number of hydrogen-bond acceptors (Lipinski definition) is 4. The summed E-state index contributed by atoms with van der Waals surface area (Å²) in [5.74, 6) is 0.792. The zero-order valence-corrected chi connectivity index (χ0v) is 14.1.